The summed E-state index contributed by atoms with van der Waals surface area (Å²) >= 11 is 0. The molecule has 0 saturated carbocycles. The van der Waals surface area contributed by atoms with Crippen LogP contribution < -0.4 is 5.73 Å². The third kappa shape index (κ3) is 1.54. The highest BCUT2D eigenvalue weighted by molar-refractivity contribution is 5.80. The monoisotopic (exact) mass is 224 g/mol. The number of nitrogen functional groups attached to an aromatic ring is 1. The predicted octanol–water partition coefficient (Wildman–Crippen LogP) is 2.22. The van der Waals surface area contributed by atoms with Crippen LogP contribution in [0.5, 0.6) is 0 Å². The highest BCUT2D eigenvalue weighted by Gasteiger charge is 2.09. The average Bonchev–Trinajstić information content (AvgIpc) is 2.68. The van der Waals surface area contributed by atoms with Crippen LogP contribution in [-0.4, -0.2) is 14.5 Å². The summed E-state index contributed by atoms with van der Waals surface area (Å²) < 4.78 is 2.05. The van der Waals surface area contributed by atoms with Crippen molar-refractivity contribution in [3.63, 3.8) is 0 Å². The second-order valence-electron chi connectivity index (χ2n) is 3.99. The molecular weight excluding hydrogens is 212 g/mol. The summed E-state index contributed by atoms with van der Waals surface area (Å²) in [5.74, 6) is 0.881. The molecule has 3 rings (SSSR count). The minimum atomic E-state index is 0.648. The Labute approximate surface area is 98.7 Å². The van der Waals surface area contributed by atoms with Crippen molar-refractivity contribution in [1.29, 1.82) is 0 Å². The maximum Gasteiger partial charge on any atom is 0.142 e. The van der Waals surface area contributed by atoms with Gasteiger partial charge in [0.05, 0.1) is 16.7 Å². The number of para-hydroxylation sites is 2. The third-order valence-corrected chi connectivity index (χ3v) is 2.80. The molecule has 0 bridgehead atoms. The Kier molecular flexibility index (Phi) is 2.08. The number of aryl methyl sites for hydroxylation is 1. The standard InChI is InChI=1S/C13H12N4/c1-17-12-5-3-2-4-11(12)16-13(17)9-6-10(14)8-15-7-9/h2-8H,14H2,1H3. The van der Waals surface area contributed by atoms with E-state index in [1.165, 1.54) is 0 Å². The molecule has 2 aromatic heterocycles. The number of benzene rings is 1. The molecule has 3 aromatic rings. The van der Waals surface area contributed by atoms with Crippen molar-refractivity contribution in [3.05, 3.63) is 42.7 Å². The number of nitrogens with zero attached hydrogens (tertiary/aromatic N) is 3. The van der Waals surface area contributed by atoms with Gasteiger partial charge in [0, 0.05) is 25.0 Å². The smallest absolute Gasteiger partial charge is 0.142 e. The molecule has 0 fully saturated rings. The van der Waals surface area contributed by atoms with Gasteiger partial charge in [-0.05, 0) is 18.2 Å². The minimum Gasteiger partial charge on any atom is -0.397 e. The zero-order valence-electron chi connectivity index (χ0n) is 9.46. The van der Waals surface area contributed by atoms with Gasteiger partial charge in [0.2, 0.25) is 0 Å². The lowest BCUT2D eigenvalue weighted by Crippen LogP contribution is -1.94. The van der Waals surface area contributed by atoms with Crippen molar-refractivity contribution in [2.24, 2.45) is 7.05 Å². The SMILES string of the molecule is Cn1c(-c2cncc(N)c2)nc2ccccc21. The lowest BCUT2D eigenvalue weighted by molar-refractivity contribution is 0.958. The zero-order chi connectivity index (χ0) is 11.8. The number of nitrogens with two attached hydrogens (primary N) is 1. The normalized spacial score (nSPS) is 10.9. The Hall–Kier alpha value is -2.36. The molecule has 0 unspecified atom stereocenters. The molecule has 0 aliphatic carbocycles. The topological polar surface area (TPSA) is 56.7 Å². The van der Waals surface area contributed by atoms with Crippen LogP contribution in [0.15, 0.2) is 42.7 Å². The number of pyridine rings is 1. The fourth-order valence-corrected chi connectivity index (χ4v) is 1.98. The summed E-state index contributed by atoms with van der Waals surface area (Å²) in [6.07, 6.45) is 3.41. The lowest BCUT2D eigenvalue weighted by Gasteiger charge is -2.02. The van der Waals surface area contributed by atoms with Crippen molar-refractivity contribution < 1.29 is 0 Å². The van der Waals surface area contributed by atoms with E-state index in [1.54, 1.807) is 12.4 Å². The second kappa shape index (κ2) is 3.59. The molecule has 0 amide bonds. The number of rotatable bonds is 1. The van der Waals surface area contributed by atoms with Crippen molar-refractivity contribution in [3.8, 4) is 11.4 Å². The molecule has 1 aromatic carbocycles. The molecule has 4 nitrogen and oxygen atoms in total. The van der Waals surface area contributed by atoms with Crippen LogP contribution in [0.2, 0.25) is 0 Å². The number of anilines is 1. The summed E-state index contributed by atoms with van der Waals surface area (Å²) in [6.45, 7) is 0. The van der Waals surface area contributed by atoms with Crippen LogP contribution in [-0.2, 0) is 7.05 Å². The Morgan fingerprint density at radius 3 is 2.76 bits per heavy atom. The van der Waals surface area contributed by atoms with Gasteiger partial charge in [0.25, 0.3) is 0 Å². The zero-order valence-corrected chi connectivity index (χ0v) is 9.46. The lowest BCUT2D eigenvalue weighted by atomic mass is 10.2. The van der Waals surface area contributed by atoms with Gasteiger partial charge in [-0.2, -0.15) is 0 Å². The van der Waals surface area contributed by atoms with E-state index < -0.39 is 0 Å². The molecule has 0 aliphatic heterocycles. The molecule has 0 spiro atoms. The molecule has 2 heterocycles. The first-order valence-electron chi connectivity index (χ1n) is 5.38. The van der Waals surface area contributed by atoms with Crippen LogP contribution in [0.1, 0.15) is 0 Å². The number of hydrogen-bond donors (Lipinski definition) is 1. The van der Waals surface area contributed by atoms with Crippen molar-refractivity contribution in [1.82, 2.24) is 14.5 Å². The summed E-state index contributed by atoms with van der Waals surface area (Å²) in [7, 11) is 1.99. The second-order valence-corrected chi connectivity index (χ2v) is 3.99. The van der Waals surface area contributed by atoms with Crippen LogP contribution in [0, 0.1) is 0 Å². The van der Waals surface area contributed by atoms with E-state index in [4.69, 9.17) is 5.73 Å². The quantitative estimate of drug-likeness (QED) is 0.689. The highest BCUT2D eigenvalue weighted by Crippen LogP contribution is 2.23. The van der Waals surface area contributed by atoms with Crippen LogP contribution in [0.4, 0.5) is 5.69 Å². The van der Waals surface area contributed by atoms with Crippen molar-refractivity contribution in [2.45, 2.75) is 0 Å². The number of aromatic nitrogens is 3. The van der Waals surface area contributed by atoms with E-state index in [0.717, 1.165) is 22.4 Å². The minimum absolute atomic E-state index is 0.648. The Balaban J connectivity index is 2.27. The molecule has 0 saturated heterocycles. The summed E-state index contributed by atoms with van der Waals surface area (Å²) in [5.41, 5.74) is 9.40. The van der Waals surface area contributed by atoms with Gasteiger partial charge in [-0.1, -0.05) is 12.1 Å². The van der Waals surface area contributed by atoms with E-state index in [1.807, 2.05) is 41.9 Å². The molecule has 0 atom stereocenters. The fourth-order valence-electron chi connectivity index (χ4n) is 1.98. The third-order valence-electron chi connectivity index (χ3n) is 2.80. The van der Waals surface area contributed by atoms with Gasteiger partial charge in [0.1, 0.15) is 5.82 Å². The molecule has 0 aliphatic rings. The van der Waals surface area contributed by atoms with E-state index in [2.05, 4.69) is 9.97 Å². The predicted molar refractivity (Wildman–Crippen MR) is 68.4 cm³/mol. The first kappa shape index (κ1) is 9.84. The van der Waals surface area contributed by atoms with Crippen LogP contribution in [0.25, 0.3) is 22.4 Å². The largest absolute Gasteiger partial charge is 0.397 e. The molecule has 17 heavy (non-hydrogen) atoms. The summed E-state index contributed by atoms with van der Waals surface area (Å²) in [4.78, 5) is 8.68. The van der Waals surface area contributed by atoms with Gasteiger partial charge in [0.15, 0.2) is 0 Å². The number of hydrogen-bond acceptors (Lipinski definition) is 3. The van der Waals surface area contributed by atoms with Gasteiger partial charge in [-0.3, -0.25) is 4.98 Å². The molecular formula is C13H12N4. The van der Waals surface area contributed by atoms with Gasteiger partial charge >= 0.3 is 0 Å². The Morgan fingerprint density at radius 1 is 1.18 bits per heavy atom. The fraction of sp³-hybridized carbons (Fsp3) is 0.0769. The summed E-state index contributed by atoms with van der Waals surface area (Å²) in [5, 5.41) is 0. The maximum atomic E-state index is 5.74. The van der Waals surface area contributed by atoms with Gasteiger partial charge in [-0.25, -0.2) is 4.98 Å². The Bertz CT molecular complexity index is 685. The average molecular weight is 224 g/mol. The maximum absolute atomic E-state index is 5.74. The van der Waals surface area contributed by atoms with Gasteiger partial charge in [-0.15, -0.1) is 0 Å². The number of fused-ring (bicyclic) bond motifs is 1. The van der Waals surface area contributed by atoms with E-state index in [-0.39, 0.29) is 0 Å². The van der Waals surface area contributed by atoms with Crippen molar-refractivity contribution in [2.75, 3.05) is 5.73 Å². The van der Waals surface area contributed by atoms with E-state index >= 15 is 0 Å². The highest BCUT2D eigenvalue weighted by atomic mass is 15.1. The van der Waals surface area contributed by atoms with E-state index in [0.29, 0.717) is 5.69 Å². The molecule has 84 valence electrons. The molecule has 4 heteroatoms. The van der Waals surface area contributed by atoms with Crippen molar-refractivity contribution >= 4 is 16.7 Å². The van der Waals surface area contributed by atoms with E-state index in [9.17, 15) is 0 Å². The van der Waals surface area contributed by atoms with Crippen LogP contribution in [0.3, 0.4) is 0 Å². The summed E-state index contributed by atoms with van der Waals surface area (Å²) in [6, 6.07) is 9.92. The first-order valence-corrected chi connectivity index (χ1v) is 5.38. The molecule has 0 radical (unpaired) electrons. The molecule has 2 N–H and O–H groups in total. The van der Waals surface area contributed by atoms with Gasteiger partial charge < -0.3 is 10.3 Å². The van der Waals surface area contributed by atoms with Crippen LogP contribution >= 0.6 is 0 Å². The Morgan fingerprint density at radius 2 is 2.00 bits per heavy atom. The first-order chi connectivity index (χ1) is 8.25. The number of imidazole rings is 1.